The minimum Gasteiger partial charge on any atom is -0.340 e. The molecule has 0 N–H and O–H groups in total. The third kappa shape index (κ3) is 4.25. The van der Waals surface area contributed by atoms with Gasteiger partial charge < -0.3 is 4.90 Å². The molecule has 1 saturated heterocycles. The number of amides is 1. The SMILES string of the molecule is Cc1ccc(-c2nc(C)sc2CC(=O)N2CCN(C3CCCC3)CC2)cc1. The van der Waals surface area contributed by atoms with E-state index in [4.69, 9.17) is 4.98 Å². The number of carbonyl (C=O) groups excluding carboxylic acids is 1. The lowest BCUT2D eigenvalue weighted by Crippen LogP contribution is -2.51. The molecule has 2 heterocycles. The number of rotatable bonds is 4. The van der Waals surface area contributed by atoms with E-state index in [0.29, 0.717) is 6.42 Å². The van der Waals surface area contributed by atoms with Gasteiger partial charge in [-0.05, 0) is 26.7 Å². The van der Waals surface area contributed by atoms with Gasteiger partial charge in [-0.25, -0.2) is 4.98 Å². The van der Waals surface area contributed by atoms with E-state index in [0.717, 1.165) is 53.4 Å². The highest BCUT2D eigenvalue weighted by Crippen LogP contribution is 2.29. The largest absolute Gasteiger partial charge is 0.340 e. The van der Waals surface area contributed by atoms with Gasteiger partial charge in [-0.1, -0.05) is 42.7 Å². The summed E-state index contributed by atoms with van der Waals surface area (Å²) in [5, 5.41) is 1.03. The zero-order chi connectivity index (χ0) is 18.8. The molecule has 2 aromatic rings. The molecule has 0 bridgehead atoms. The van der Waals surface area contributed by atoms with Gasteiger partial charge in [-0.2, -0.15) is 0 Å². The maximum absolute atomic E-state index is 12.9. The quantitative estimate of drug-likeness (QED) is 0.799. The highest BCUT2D eigenvalue weighted by Gasteiger charge is 2.28. The van der Waals surface area contributed by atoms with Crippen LogP contribution in [0.2, 0.25) is 0 Å². The van der Waals surface area contributed by atoms with Gasteiger partial charge in [-0.3, -0.25) is 9.69 Å². The van der Waals surface area contributed by atoms with E-state index in [9.17, 15) is 4.79 Å². The van der Waals surface area contributed by atoms with Crippen molar-refractivity contribution in [3.63, 3.8) is 0 Å². The maximum atomic E-state index is 12.9. The predicted molar refractivity (Wildman–Crippen MR) is 111 cm³/mol. The summed E-state index contributed by atoms with van der Waals surface area (Å²) in [6, 6.07) is 9.20. The number of thiazole rings is 1. The Bertz CT molecular complexity index is 784. The average molecular weight is 384 g/mol. The van der Waals surface area contributed by atoms with Gasteiger partial charge in [0.15, 0.2) is 0 Å². The van der Waals surface area contributed by atoms with Crippen LogP contribution in [-0.2, 0) is 11.2 Å². The molecule has 144 valence electrons. The van der Waals surface area contributed by atoms with E-state index in [1.807, 2.05) is 6.92 Å². The smallest absolute Gasteiger partial charge is 0.227 e. The number of hydrogen-bond donors (Lipinski definition) is 0. The Hall–Kier alpha value is -1.72. The van der Waals surface area contributed by atoms with Gasteiger partial charge >= 0.3 is 0 Å². The predicted octanol–water partition coefficient (Wildman–Crippen LogP) is 4.06. The fraction of sp³-hybridized carbons (Fsp3) is 0.545. The topological polar surface area (TPSA) is 36.4 Å². The Morgan fingerprint density at radius 3 is 2.41 bits per heavy atom. The summed E-state index contributed by atoms with van der Waals surface area (Å²) in [5.41, 5.74) is 3.33. The monoisotopic (exact) mass is 383 g/mol. The molecule has 0 radical (unpaired) electrons. The molecule has 1 aliphatic heterocycles. The lowest BCUT2D eigenvalue weighted by molar-refractivity contribution is -0.132. The van der Waals surface area contributed by atoms with Crippen molar-refractivity contribution in [1.82, 2.24) is 14.8 Å². The summed E-state index contributed by atoms with van der Waals surface area (Å²) in [4.78, 5) is 23.4. The molecule has 1 aromatic heterocycles. The molecule has 2 aliphatic rings. The number of nitrogens with zero attached hydrogens (tertiary/aromatic N) is 3. The number of hydrogen-bond acceptors (Lipinski definition) is 4. The Kier molecular flexibility index (Phi) is 5.60. The van der Waals surface area contributed by atoms with E-state index in [2.05, 4.69) is 41.0 Å². The zero-order valence-corrected chi connectivity index (χ0v) is 17.2. The summed E-state index contributed by atoms with van der Waals surface area (Å²) in [6.07, 6.45) is 5.90. The summed E-state index contributed by atoms with van der Waals surface area (Å²) in [6.45, 7) is 7.91. The summed E-state index contributed by atoms with van der Waals surface area (Å²) >= 11 is 1.66. The Morgan fingerprint density at radius 1 is 1.07 bits per heavy atom. The van der Waals surface area contributed by atoms with Crippen LogP contribution in [0.25, 0.3) is 11.3 Å². The second-order valence-electron chi connectivity index (χ2n) is 7.90. The van der Waals surface area contributed by atoms with E-state index in [-0.39, 0.29) is 5.91 Å². The van der Waals surface area contributed by atoms with Crippen molar-refractivity contribution in [3.8, 4) is 11.3 Å². The lowest BCUT2D eigenvalue weighted by atomic mass is 10.1. The standard InChI is InChI=1S/C22H29N3OS/c1-16-7-9-18(10-8-16)22-20(27-17(2)23-22)15-21(26)25-13-11-24(12-14-25)19-5-3-4-6-19/h7-10,19H,3-6,11-15H2,1-2H3. The summed E-state index contributed by atoms with van der Waals surface area (Å²) in [7, 11) is 0. The van der Waals surface area contributed by atoms with Crippen molar-refractivity contribution in [3.05, 3.63) is 39.7 Å². The summed E-state index contributed by atoms with van der Waals surface area (Å²) in [5.74, 6) is 0.248. The van der Waals surface area contributed by atoms with Crippen LogP contribution >= 0.6 is 11.3 Å². The molecule has 1 saturated carbocycles. The number of aryl methyl sites for hydroxylation is 2. The molecular formula is C22H29N3OS. The van der Waals surface area contributed by atoms with Gasteiger partial charge in [0.2, 0.25) is 5.91 Å². The lowest BCUT2D eigenvalue weighted by Gasteiger charge is -2.38. The first-order valence-corrected chi connectivity index (χ1v) is 11.0. The third-order valence-electron chi connectivity index (χ3n) is 5.95. The molecule has 1 amide bonds. The van der Waals surface area contributed by atoms with Gasteiger partial charge in [0.05, 0.1) is 17.1 Å². The third-order valence-corrected chi connectivity index (χ3v) is 6.92. The fourth-order valence-electron chi connectivity index (χ4n) is 4.38. The highest BCUT2D eigenvalue weighted by atomic mass is 32.1. The first-order valence-electron chi connectivity index (χ1n) is 10.2. The highest BCUT2D eigenvalue weighted by molar-refractivity contribution is 7.12. The fourth-order valence-corrected chi connectivity index (χ4v) is 5.33. The van der Waals surface area contributed by atoms with E-state index in [1.54, 1.807) is 11.3 Å². The van der Waals surface area contributed by atoms with Gasteiger partial charge in [0.25, 0.3) is 0 Å². The van der Waals surface area contributed by atoms with Crippen LogP contribution in [0.15, 0.2) is 24.3 Å². The van der Waals surface area contributed by atoms with Crippen molar-refractivity contribution in [2.24, 2.45) is 0 Å². The molecular weight excluding hydrogens is 354 g/mol. The molecule has 4 rings (SSSR count). The molecule has 4 nitrogen and oxygen atoms in total. The van der Waals surface area contributed by atoms with Crippen molar-refractivity contribution >= 4 is 17.2 Å². The van der Waals surface area contributed by atoms with Gasteiger partial charge in [0.1, 0.15) is 0 Å². The Morgan fingerprint density at radius 2 is 1.74 bits per heavy atom. The Labute approximate surface area is 166 Å². The molecule has 2 fully saturated rings. The minimum absolute atomic E-state index is 0.248. The van der Waals surface area contributed by atoms with Crippen LogP contribution in [0.1, 0.15) is 41.1 Å². The average Bonchev–Trinajstić information content (AvgIpc) is 3.33. The van der Waals surface area contributed by atoms with Crippen LogP contribution in [0, 0.1) is 13.8 Å². The minimum atomic E-state index is 0.248. The number of piperazine rings is 1. The van der Waals surface area contributed by atoms with Crippen LogP contribution in [0.4, 0.5) is 0 Å². The van der Waals surface area contributed by atoms with Crippen LogP contribution in [-0.4, -0.2) is 52.9 Å². The van der Waals surface area contributed by atoms with Gasteiger partial charge in [-0.15, -0.1) is 11.3 Å². The van der Waals surface area contributed by atoms with Crippen LogP contribution in [0.3, 0.4) is 0 Å². The first-order chi connectivity index (χ1) is 13.1. The number of benzene rings is 1. The Balaban J connectivity index is 1.41. The molecule has 0 spiro atoms. The van der Waals surface area contributed by atoms with Crippen LogP contribution < -0.4 is 0 Å². The van der Waals surface area contributed by atoms with Crippen molar-refractivity contribution in [2.45, 2.75) is 52.0 Å². The molecule has 1 aliphatic carbocycles. The van der Waals surface area contributed by atoms with Crippen molar-refractivity contribution in [2.75, 3.05) is 26.2 Å². The van der Waals surface area contributed by atoms with Crippen molar-refractivity contribution in [1.29, 1.82) is 0 Å². The zero-order valence-electron chi connectivity index (χ0n) is 16.4. The second-order valence-corrected chi connectivity index (χ2v) is 9.19. The molecule has 27 heavy (non-hydrogen) atoms. The summed E-state index contributed by atoms with van der Waals surface area (Å²) < 4.78 is 0. The first kappa shape index (κ1) is 18.6. The molecule has 0 unspecified atom stereocenters. The van der Waals surface area contributed by atoms with E-state index >= 15 is 0 Å². The van der Waals surface area contributed by atoms with E-state index < -0.39 is 0 Å². The molecule has 5 heteroatoms. The number of carbonyl (C=O) groups is 1. The normalized spacial score (nSPS) is 19.0. The molecule has 1 aromatic carbocycles. The molecule has 0 atom stereocenters. The second kappa shape index (κ2) is 8.11. The van der Waals surface area contributed by atoms with Crippen LogP contribution in [0.5, 0.6) is 0 Å². The van der Waals surface area contributed by atoms with Crippen molar-refractivity contribution < 1.29 is 4.79 Å². The van der Waals surface area contributed by atoms with Gasteiger partial charge in [0, 0.05) is 42.7 Å². The maximum Gasteiger partial charge on any atom is 0.227 e. The van der Waals surface area contributed by atoms with E-state index in [1.165, 1.54) is 31.2 Å². The number of aromatic nitrogens is 1.